The fourth-order valence-electron chi connectivity index (χ4n) is 2.27. The third-order valence-corrected chi connectivity index (χ3v) is 3.59. The Labute approximate surface area is 127 Å². The third-order valence-electron chi connectivity index (χ3n) is 3.59. The number of nitrogens with zero attached hydrogens (tertiary/aromatic N) is 1. The molecule has 0 fully saturated rings. The van der Waals surface area contributed by atoms with Crippen molar-refractivity contribution in [3.8, 4) is 5.75 Å². The third kappa shape index (κ3) is 4.87. The summed E-state index contributed by atoms with van der Waals surface area (Å²) in [5.74, 6) is 0.950. The highest BCUT2D eigenvalue weighted by atomic mass is 16.5. The molecule has 1 atom stereocenters. The van der Waals surface area contributed by atoms with Crippen LogP contribution in [0.5, 0.6) is 5.75 Å². The second-order valence-corrected chi connectivity index (χ2v) is 5.17. The Morgan fingerprint density at radius 3 is 2.43 bits per heavy atom. The Morgan fingerprint density at radius 1 is 1.10 bits per heavy atom. The topological polar surface area (TPSA) is 34.1 Å². The highest BCUT2D eigenvalue weighted by Crippen LogP contribution is 2.21. The van der Waals surface area contributed by atoms with Gasteiger partial charge >= 0.3 is 0 Å². The van der Waals surface area contributed by atoms with E-state index in [2.05, 4.69) is 53.6 Å². The van der Waals surface area contributed by atoms with Crippen molar-refractivity contribution < 1.29 is 4.74 Å². The van der Waals surface area contributed by atoms with Crippen LogP contribution in [0.4, 0.5) is 0 Å². The summed E-state index contributed by atoms with van der Waals surface area (Å²) < 4.78 is 5.70. The van der Waals surface area contributed by atoms with Crippen LogP contribution in [0.15, 0.2) is 48.8 Å². The van der Waals surface area contributed by atoms with Gasteiger partial charge in [-0.1, -0.05) is 25.5 Å². The van der Waals surface area contributed by atoms with Crippen LogP contribution in [-0.4, -0.2) is 18.6 Å². The maximum absolute atomic E-state index is 5.70. The number of hydrogen-bond acceptors (Lipinski definition) is 3. The Kier molecular flexibility index (Phi) is 6.22. The summed E-state index contributed by atoms with van der Waals surface area (Å²) in [6, 6.07) is 12.8. The van der Waals surface area contributed by atoms with Crippen molar-refractivity contribution in [1.82, 2.24) is 10.3 Å². The van der Waals surface area contributed by atoms with E-state index < -0.39 is 0 Å². The average molecular weight is 284 g/mol. The fourth-order valence-corrected chi connectivity index (χ4v) is 2.27. The number of rotatable bonds is 8. The Bertz CT molecular complexity index is 511. The SMILES string of the molecule is CCCCOc1ccc(C(Cc2ccncc2)NC)cc1. The van der Waals surface area contributed by atoms with Crippen LogP contribution < -0.4 is 10.1 Å². The minimum atomic E-state index is 0.303. The van der Waals surface area contributed by atoms with Gasteiger partial charge < -0.3 is 10.1 Å². The number of aromatic nitrogens is 1. The smallest absolute Gasteiger partial charge is 0.119 e. The molecule has 21 heavy (non-hydrogen) atoms. The second-order valence-electron chi connectivity index (χ2n) is 5.17. The second kappa shape index (κ2) is 8.42. The lowest BCUT2D eigenvalue weighted by Gasteiger charge is -2.17. The summed E-state index contributed by atoms with van der Waals surface area (Å²) in [5, 5.41) is 3.38. The van der Waals surface area contributed by atoms with Gasteiger partial charge in [-0.2, -0.15) is 0 Å². The molecule has 2 aromatic rings. The molecule has 0 bridgehead atoms. The molecule has 0 aliphatic heterocycles. The normalized spacial score (nSPS) is 12.1. The van der Waals surface area contributed by atoms with Crippen molar-refractivity contribution in [1.29, 1.82) is 0 Å². The molecule has 1 aromatic carbocycles. The van der Waals surface area contributed by atoms with E-state index in [1.54, 1.807) is 0 Å². The van der Waals surface area contributed by atoms with E-state index in [9.17, 15) is 0 Å². The quantitative estimate of drug-likeness (QED) is 0.749. The van der Waals surface area contributed by atoms with E-state index in [0.717, 1.165) is 31.6 Å². The number of benzene rings is 1. The zero-order valence-corrected chi connectivity index (χ0v) is 12.9. The van der Waals surface area contributed by atoms with Gasteiger partial charge in [0.05, 0.1) is 6.61 Å². The van der Waals surface area contributed by atoms with Gasteiger partial charge in [-0.3, -0.25) is 4.98 Å². The zero-order valence-electron chi connectivity index (χ0n) is 12.9. The number of unbranched alkanes of at least 4 members (excludes halogenated alkanes) is 1. The molecule has 0 saturated heterocycles. The van der Waals surface area contributed by atoms with Crippen molar-refractivity contribution in [2.45, 2.75) is 32.2 Å². The van der Waals surface area contributed by atoms with Gasteiger partial charge in [0.1, 0.15) is 5.75 Å². The van der Waals surface area contributed by atoms with Gasteiger partial charge in [-0.15, -0.1) is 0 Å². The number of nitrogens with one attached hydrogen (secondary N) is 1. The molecule has 1 N–H and O–H groups in total. The lowest BCUT2D eigenvalue weighted by Crippen LogP contribution is -2.18. The van der Waals surface area contributed by atoms with Crippen molar-refractivity contribution in [3.63, 3.8) is 0 Å². The molecule has 0 radical (unpaired) electrons. The summed E-state index contributed by atoms with van der Waals surface area (Å²) in [5.41, 5.74) is 2.56. The molecule has 3 heteroatoms. The fraction of sp³-hybridized carbons (Fsp3) is 0.389. The Morgan fingerprint density at radius 2 is 1.81 bits per heavy atom. The molecule has 0 aliphatic carbocycles. The minimum absolute atomic E-state index is 0.303. The van der Waals surface area contributed by atoms with E-state index >= 15 is 0 Å². The maximum atomic E-state index is 5.70. The largest absolute Gasteiger partial charge is 0.494 e. The van der Waals surface area contributed by atoms with Crippen LogP contribution >= 0.6 is 0 Å². The summed E-state index contributed by atoms with van der Waals surface area (Å²) in [6.45, 7) is 2.96. The summed E-state index contributed by atoms with van der Waals surface area (Å²) in [6.07, 6.45) is 6.89. The average Bonchev–Trinajstić information content (AvgIpc) is 2.55. The lowest BCUT2D eigenvalue weighted by atomic mass is 9.99. The summed E-state index contributed by atoms with van der Waals surface area (Å²) in [7, 11) is 2.00. The van der Waals surface area contributed by atoms with Crippen LogP contribution in [0, 0.1) is 0 Å². The Hall–Kier alpha value is -1.87. The van der Waals surface area contributed by atoms with E-state index in [4.69, 9.17) is 4.74 Å². The van der Waals surface area contributed by atoms with Crippen molar-refractivity contribution >= 4 is 0 Å². The molecule has 2 rings (SSSR count). The van der Waals surface area contributed by atoms with Gasteiger partial charge in [-0.05, 0) is 55.3 Å². The highest BCUT2D eigenvalue weighted by molar-refractivity contribution is 5.30. The van der Waals surface area contributed by atoms with Crippen molar-refractivity contribution in [3.05, 3.63) is 59.9 Å². The molecule has 0 amide bonds. The number of likely N-dealkylation sites (N-methyl/N-ethyl adjacent to an activating group) is 1. The lowest BCUT2D eigenvalue weighted by molar-refractivity contribution is 0.309. The number of hydrogen-bond donors (Lipinski definition) is 1. The van der Waals surface area contributed by atoms with Crippen LogP contribution in [0.25, 0.3) is 0 Å². The van der Waals surface area contributed by atoms with Crippen LogP contribution in [0.3, 0.4) is 0 Å². The summed E-state index contributed by atoms with van der Waals surface area (Å²) in [4.78, 5) is 4.06. The molecule has 0 spiro atoms. The standard InChI is InChI=1S/C18H24N2O/c1-3-4-13-21-17-7-5-16(6-8-17)18(19-2)14-15-9-11-20-12-10-15/h5-12,18-19H,3-4,13-14H2,1-2H3. The zero-order chi connectivity index (χ0) is 14.9. The molecule has 1 unspecified atom stereocenters. The van der Waals surface area contributed by atoms with Gasteiger partial charge in [0.2, 0.25) is 0 Å². The first kappa shape index (κ1) is 15.5. The van der Waals surface area contributed by atoms with E-state index in [1.807, 2.05) is 19.4 Å². The predicted octanol–water partition coefficient (Wildman–Crippen LogP) is 3.76. The summed E-state index contributed by atoms with van der Waals surface area (Å²) >= 11 is 0. The highest BCUT2D eigenvalue weighted by Gasteiger charge is 2.10. The molecule has 0 saturated carbocycles. The number of pyridine rings is 1. The van der Waals surface area contributed by atoms with Crippen LogP contribution in [0.1, 0.15) is 36.9 Å². The van der Waals surface area contributed by atoms with Gasteiger partial charge in [0, 0.05) is 18.4 Å². The number of ether oxygens (including phenoxy) is 1. The molecule has 3 nitrogen and oxygen atoms in total. The minimum Gasteiger partial charge on any atom is -0.494 e. The monoisotopic (exact) mass is 284 g/mol. The van der Waals surface area contributed by atoms with Crippen molar-refractivity contribution in [2.24, 2.45) is 0 Å². The van der Waals surface area contributed by atoms with Crippen LogP contribution in [-0.2, 0) is 6.42 Å². The van der Waals surface area contributed by atoms with E-state index in [-0.39, 0.29) is 0 Å². The molecular weight excluding hydrogens is 260 g/mol. The van der Waals surface area contributed by atoms with Crippen molar-refractivity contribution in [2.75, 3.05) is 13.7 Å². The predicted molar refractivity (Wildman–Crippen MR) is 86.6 cm³/mol. The van der Waals surface area contributed by atoms with E-state index in [1.165, 1.54) is 11.1 Å². The van der Waals surface area contributed by atoms with Crippen LogP contribution in [0.2, 0.25) is 0 Å². The van der Waals surface area contributed by atoms with Gasteiger partial charge in [0.25, 0.3) is 0 Å². The molecule has 1 aromatic heterocycles. The van der Waals surface area contributed by atoms with Gasteiger partial charge in [-0.25, -0.2) is 0 Å². The Balaban J connectivity index is 1.98. The molecular formula is C18H24N2O. The first-order valence-electron chi connectivity index (χ1n) is 7.62. The van der Waals surface area contributed by atoms with Gasteiger partial charge in [0.15, 0.2) is 0 Å². The first-order valence-corrected chi connectivity index (χ1v) is 7.62. The first-order chi connectivity index (χ1) is 10.3. The molecule has 1 heterocycles. The van der Waals surface area contributed by atoms with E-state index in [0.29, 0.717) is 6.04 Å². The maximum Gasteiger partial charge on any atom is 0.119 e. The molecule has 0 aliphatic rings. The molecule has 112 valence electrons.